The van der Waals surface area contributed by atoms with Crippen LogP contribution in [0, 0.1) is 5.82 Å². The van der Waals surface area contributed by atoms with Crippen LogP contribution in [-0.4, -0.2) is 53.9 Å². The van der Waals surface area contributed by atoms with E-state index in [1.807, 2.05) is 0 Å². The molecular formula is C17H22FNO4. The molecule has 1 atom stereocenters. The lowest BCUT2D eigenvalue weighted by Crippen LogP contribution is -2.56. The zero-order chi connectivity index (χ0) is 16.3. The zero-order valence-electron chi connectivity index (χ0n) is 13.0. The van der Waals surface area contributed by atoms with Crippen LogP contribution in [0.25, 0.3) is 0 Å². The highest BCUT2D eigenvalue weighted by molar-refractivity contribution is 5.77. The highest BCUT2D eigenvalue weighted by Crippen LogP contribution is 2.35. The summed E-state index contributed by atoms with van der Waals surface area (Å²) in [7, 11) is 0. The number of carbonyl (C=O) groups is 1. The highest BCUT2D eigenvalue weighted by atomic mass is 19.1. The summed E-state index contributed by atoms with van der Waals surface area (Å²) in [6.07, 6.45) is 2.47. The number of nitrogens with zero attached hydrogens (tertiary/aromatic N) is 1. The van der Waals surface area contributed by atoms with Crippen molar-refractivity contribution in [2.45, 2.75) is 37.4 Å². The number of piperidine rings is 1. The minimum absolute atomic E-state index is 0.111. The van der Waals surface area contributed by atoms with Gasteiger partial charge in [0.2, 0.25) is 0 Å². The maximum absolute atomic E-state index is 13.1. The lowest BCUT2D eigenvalue weighted by Gasteiger charge is -2.46. The second kappa shape index (κ2) is 6.84. The third-order valence-corrected chi connectivity index (χ3v) is 4.74. The fraction of sp³-hybridized carbons (Fsp3) is 0.588. The number of amides is 1. The first-order valence-corrected chi connectivity index (χ1v) is 8.07. The number of aliphatic hydroxyl groups is 1. The molecule has 0 unspecified atom stereocenters. The normalized spacial score (nSPS) is 23.7. The molecule has 2 fully saturated rings. The molecule has 2 saturated heterocycles. The van der Waals surface area contributed by atoms with Gasteiger partial charge in [-0.3, -0.25) is 4.79 Å². The second-order valence-corrected chi connectivity index (χ2v) is 6.20. The maximum atomic E-state index is 13.1. The standard InChI is InChI=1S/C17H22FNO4/c18-13-3-1-4-14(11-13)22-12-16(21)19-8-6-17(7-9-19)15(20)5-2-10-23-17/h1,3-4,11,15,20H,2,5-10,12H2/t15-/m0/s1. The van der Waals surface area contributed by atoms with E-state index in [9.17, 15) is 14.3 Å². The van der Waals surface area contributed by atoms with Gasteiger partial charge in [0.15, 0.2) is 6.61 Å². The molecule has 1 aromatic carbocycles. The number of carbonyl (C=O) groups excluding carboxylic acids is 1. The fourth-order valence-corrected chi connectivity index (χ4v) is 3.32. The van der Waals surface area contributed by atoms with Gasteiger partial charge in [0.25, 0.3) is 5.91 Å². The zero-order valence-corrected chi connectivity index (χ0v) is 13.0. The molecule has 1 spiro atoms. The largest absolute Gasteiger partial charge is 0.484 e. The summed E-state index contributed by atoms with van der Waals surface area (Å²) in [6.45, 7) is 1.65. The van der Waals surface area contributed by atoms with Gasteiger partial charge in [0, 0.05) is 25.8 Å². The molecule has 0 aliphatic carbocycles. The SMILES string of the molecule is O=C(COc1cccc(F)c1)N1CCC2(CC1)OCCC[C@@H]2O. The molecule has 6 heteroatoms. The van der Waals surface area contributed by atoms with E-state index in [2.05, 4.69) is 0 Å². The summed E-state index contributed by atoms with van der Waals surface area (Å²) in [6, 6.07) is 5.74. The molecule has 1 amide bonds. The summed E-state index contributed by atoms with van der Waals surface area (Å²) < 4.78 is 24.2. The Labute approximate surface area is 135 Å². The fourth-order valence-electron chi connectivity index (χ4n) is 3.32. The third-order valence-electron chi connectivity index (χ3n) is 4.74. The first kappa shape index (κ1) is 16.2. The summed E-state index contributed by atoms with van der Waals surface area (Å²) in [4.78, 5) is 13.9. The van der Waals surface area contributed by atoms with E-state index in [0.29, 0.717) is 38.3 Å². The predicted octanol–water partition coefficient (Wildman–Crippen LogP) is 1.74. The Bertz CT molecular complexity index is 557. The smallest absolute Gasteiger partial charge is 0.260 e. The average Bonchev–Trinajstić information content (AvgIpc) is 2.56. The highest BCUT2D eigenvalue weighted by Gasteiger charge is 2.44. The van der Waals surface area contributed by atoms with Crippen LogP contribution >= 0.6 is 0 Å². The van der Waals surface area contributed by atoms with Gasteiger partial charge in [0.1, 0.15) is 11.6 Å². The Balaban J connectivity index is 1.50. The third kappa shape index (κ3) is 3.64. The Hall–Kier alpha value is -1.66. The van der Waals surface area contributed by atoms with Gasteiger partial charge in [-0.15, -0.1) is 0 Å². The maximum Gasteiger partial charge on any atom is 0.260 e. The molecule has 0 bridgehead atoms. The van der Waals surface area contributed by atoms with Crippen molar-refractivity contribution in [3.8, 4) is 5.75 Å². The van der Waals surface area contributed by atoms with Crippen LogP contribution in [0.3, 0.4) is 0 Å². The minimum atomic E-state index is -0.488. The molecule has 2 heterocycles. The van der Waals surface area contributed by atoms with Crippen molar-refractivity contribution in [1.82, 2.24) is 4.90 Å². The molecule has 2 aliphatic heterocycles. The Morgan fingerprint density at radius 3 is 2.91 bits per heavy atom. The van der Waals surface area contributed by atoms with Gasteiger partial charge in [-0.25, -0.2) is 4.39 Å². The molecule has 3 rings (SSSR count). The van der Waals surface area contributed by atoms with E-state index in [4.69, 9.17) is 9.47 Å². The van der Waals surface area contributed by atoms with E-state index in [-0.39, 0.29) is 12.5 Å². The predicted molar refractivity (Wildman–Crippen MR) is 81.6 cm³/mol. The molecule has 0 saturated carbocycles. The van der Waals surface area contributed by atoms with Crippen molar-refractivity contribution in [3.05, 3.63) is 30.1 Å². The number of benzene rings is 1. The van der Waals surface area contributed by atoms with E-state index >= 15 is 0 Å². The Morgan fingerprint density at radius 1 is 1.43 bits per heavy atom. The lowest BCUT2D eigenvalue weighted by molar-refractivity contribution is -0.180. The van der Waals surface area contributed by atoms with Crippen molar-refractivity contribution >= 4 is 5.91 Å². The van der Waals surface area contributed by atoms with Crippen molar-refractivity contribution in [2.24, 2.45) is 0 Å². The Kier molecular flexibility index (Phi) is 4.82. The van der Waals surface area contributed by atoms with E-state index in [0.717, 1.165) is 12.8 Å². The quantitative estimate of drug-likeness (QED) is 0.920. The van der Waals surface area contributed by atoms with Crippen LogP contribution in [-0.2, 0) is 9.53 Å². The van der Waals surface area contributed by atoms with Crippen LogP contribution in [0.1, 0.15) is 25.7 Å². The molecule has 0 radical (unpaired) electrons. The van der Waals surface area contributed by atoms with Crippen molar-refractivity contribution in [1.29, 1.82) is 0 Å². The molecule has 126 valence electrons. The number of ether oxygens (including phenoxy) is 2. The molecule has 5 nitrogen and oxygen atoms in total. The number of halogens is 1. The monoisotopic (exact) mass is 323 g/mol. The molecule has 23 heavy (non-hydrogen) atoms. The average molecular weight is 323 g/mol. The van der Waals surface area contributed by atoms with Crippen LogP contribution < -0.4 is 4.74 Å². The number of hydrogen-bond donors (Lipinski definition) is 1. The molecule has 2 aliphatic rings. The van der Waals surface area contributed by atoms with Crippen LogP contribution in [0.2, 0.25) is 0 Å². The topological polar surface area (TPSA) is 59.0 Å². The first-order chi connectivity index (χ1) is 11.1. The second-order valence-electron chi connectivity index (χ2n) is 6.20. The van der Waals surface area contributed by atoms with Crippen LogP contribution in [0.4, 0.5) is 4.39 Å². The minimum Gasteiger partial charge on any atom is -0.484 e. The number of likely N-dealkylation sites (tertiary alicyclic amines) is 1. The first-order valence-electron chi connectivity index (χ1n) is 8.07. The van der Waals surface area contributed by atoms with Crippen molar-refractivity contribution in [2.75, 3.05) is 26.3 Å². The molecule has 1 aromatic rings. The number of hydrogen-bond acceptors (Lipinski definition) is 4. The van der Waals surface area contributed by atoms with E-state index in [1.54, 1.807) is 17.0 Å². The van der Waals surface area contributed by atoms with Crippen LogP contribution in [0.15, 0.2) is 24.3 Å². The van der Waals surface area contributed by atoms with Gasteiger partial charge >= 0.3 is 0 Å². The van der Waals surface area contributed by atoms with E-state index < -0.39 is 17.5 Å². The summed E-state index contributed by atoms with van der Waals surface area (Å²) >= 11 is 0. The van der Waals surface area contributed by atoms with Crippen molar-refractivity contribution < 1.29 is 23.8 Å². The lowest BCUT2D eigenvalue weighted by atomic mass is 9.82. The van der Waals surface area contributed by atoms with Gasteiger partial charge < -0.3 is 19.5 Å². The molecule has 0 aromatic heterocycles. The van der Waals surface area contributed by atoms with Crippen molar-refractivity contribution in [3.63, 3.8) is 0 Å². The summed E-state index contributed by atoms with van der Waals surface area (Å²) in [5.41, 5.74) is -0.488. The van der Waals surface area contributed by atoms with Gasteiger partial charge in [-0.05, 0) is 37.8 Å². The Morgan fingerprint density at radius 2 is 2.22 bits per heavy atom. The van der Waals surface area contributed by atoms with Gasteiger partial charge in [-0.1, -0.05) is 6.07 Å². The molecule has 1 N–H and O–H groups in total. The van der Waals surface area contributed by atoms with Crippen LogP contribution in [0.5, 0.6) is 5.75 Å². The summed E-state index contributed by atoms with van der Waals surface area (Å²) in [5, 5.41) is 10.2. The number of aliphatic hydroxyl groups excluding tert-OH is 1. The van der Waals surface area contributed by atoms with E-state index in [1.165, 1.54) is 12.1 Å². The van der Waals surface area contributed by atoms with Gasteiger partial charge in [-0.2, -0.15) is 0 Å². The van der Waals surface area contributed by atoms with Gasteiger partial charge in [0.05, 0.1) is 11.7 Å². The summed E-state index contributed by atoms with van der Waals surface area (Å²) in [5.74, 6) is -0.175. The molecular weight excluding hydrogens is 301 g/mol. The number of rotatable bonds is 3.